The minimum atomic E-state index is -0.553. The third kappa shape index (κ3) is 37.9. The van der Waals surface area contributed by atoms with E-state index in [1.165, 1.54) is 57.8 Å². The molecular weight excluding hydrogens is 580 g/mol. The lowest BCUT2D eigenvalue weighted by atomic mass is 10.1. The van der Waals surface area contributed by atoms with Crippen molar-refractivity contribution in [3.05, 3.63) is 85.1 Å². The number of esters is 1. The number of unbranched alkanes of at least 4 members (excludes halogenated alkanes) is 12. The highest BCUT2D eigenvalue weighted by Gasteiger charge is 2.13. The molecule has 4 nitrogen and oxygen atoms in total. The average Bonchev–Trinajstić information content (AvgIpc) is 3.08. The van der Waals surface area contributed by atoms with Crippen molar-refractivity contribution >= 4 is 5.97 Å². The molecule has 0 heterocycles. The molecule has 0 saturated carbocycles. The maximum atomic E-state index is 12.1. The third-order valence-corrected chi connectivity index (χ3v) is 7.73. The summed E-state index contributed by atoms with van der Waals surface area (Å²) in [4.78, 5) is 12.1. The minimum Gasteiger partial charge on any atom is -0.457 e. The summed E-state index contributed by atoms with van der Waals surface area (Å²) in [5.74, 6) is -0.236. The van der Waals surface area contributed by atoms with Crippen LogP contribution >= 0.6 is 0 Å². The van der Waals surface area contributed by atoms with Gasteiger partial charge in [-0.25, -0.2) is 0 Å². The second-order valence-corrected chi connectivity index (χ2v) is 12.3. The van der Waals surface area contributed by atoms with Crippen LogP contribution in [-0.2, 0) is 14.3 Å². The Kier molecular flexibility index (Phi) is 37.7. The van der Waals surface area contributed by atoms with Crippen LogP contribution in [0.25, 0.3) is 0 Å². The fourth-order valence-corrected chi connectivity index (χ4v) is 4.89. The number of rotatable bonds is 34. The Labute approximate surface area is 290 Å². The molecule has 0 aromatic heterocycles. The van der Waals surface area contributed by atoms with E-state index >= 15 is 0 Å². The maximum Gasteiger partial charge on any atom is 0.306 e. The molecule has 1 N–H and O–H groups in total. The zero-order valence-electron chi connectivity index (χ0n) is 30.5. The Morgan fingerprint density at radius 3 is 1.43 bits per heavy atom. The molecule has 0 aliphatic carbocycles. The summed E-state index contributed by atoms with van der Waals surface area (Å²) in [5.41, 5.74) is 0. The molecule has 268 valence electrons. The Bertz CT molecular complexity index is 861. The van der Waals surface area contributed by atoms with Crippen LogP contribution < -0.4 is 0 Å². The smallest absolute Gasteiger partial charge is 0.306 e. The molecule has 0 aliphatic heterocycles. The van der Waals surface area contributed by atoms with Crippen LogP contribution in [0.3, 0.4) is 0 Å². The number of carbonyl (C=O) groups excluding carboxylic acids is 1. The lowest BCUT2D eigenvalue weighted by molar-refractivity contribution is -0.154. The van der Waals surface area contributed by atoms with Crippen molar-refractivity contribution in [3.63, 3.8) is 0 Å². The van der Waals surface area contributed by atoms with Crippen LogP contribution in [0, 0.1) is 0 Å². The van der Waals surface area contributed by atoms with Gasteiger partial charge in [0.25, 0.3) is 0 Å². The molecule has 0 aromatic rings. The van der Waals surface area contributed by atoms with Crippen molar-refractivity contribution in [1.29, 1.82) is 0 Å². The van der Waals surface area contributed by atoms with Crippen LogP contribution in [0.2, 0.25) is 0 Å². The van der Waals surface area contributed by atoms with Crippen molar-refractivity contribution in [3.8, 4) is 0 Å². The monoisotopic (exact) mass is 653 g/mol. The van der Waals surface area contributed by atoms with Crippen LogP contribution in [-0.4, -0.2) is 37.0 Å². The summed E-state index contributed by atoms with van der Waals surface area (Å²) in [5, 5.41) is 9.54. The fraction of sp³-hybridized carbons (Fsp3) is 0.651. The first kappa shape index (κ1) is 44.6. The van der Waals surface area contributed by atoms with Crippen molar-refractivity contribution in [2.24, 2.45) is 0 Å². The minimum absolute atomic E-state index is 0.189. The molecule has 4 heteroatoms. The second kappa shape index (κ2) is 39.7. The molecular formula is C43H72O4. The highest BCUT2D eigenvalue weighted by atomic mass is 16.6. The summed E-state index contributed by atoms with van der Waals surface area (Å²) < 4.78 is 11.1. The van der Waals surface area contributed by atoms with Gasteiger partial charge >= 0.3 is 5.97 Å². The summed E-state index contributed by atoms with van der Waals surface area (Å²) in [6.45, 7) is 5.17. The van der Waals surface area contributed by atoms with Gasteiger partial charge in [-0.1, -0.05) is 163 Å². The van der Waals surface area contributed by atoms with Crippen molar-refractivity contribution < 1.29 is 19.4 Å². The van der Waals surface area contributed by atoms with Crippen molar-refractivity contribution in [2.45, 2.75) is 161 Å². The molecule has 47 heavy (non-hydrogen) atoms. The highest BCUT2D eigenvalue weighted by molar-refractivity contribution is 5.69. The van der Waals surface area contributed by atoms with Crippen molar-refractivity contribution in [2.75, 3.05) is 19.8 Å². The Hall–Kier alpha value is -2.43. The van der Waals surface area contributed by atoms with E-state index in [1.807, 2.05) is 0 Å². The van der Waals surface area contributed by atoms with Gasteiger partial charge in [-0.15, -0.1) is 0 Å². The van der Waals surface area contributed by atoms with E-state index in [0.29, 0.717) is 13.0 Å². The normalized spacial score (nSPS) is 13.3. The molecule has 1 unspecified atom stereocenters. The van der Waals surface area contributed by atoms with Gasteiger partial charge in [0, 0.05) is 13.0 Å². The fourth-order valence-electron chi connectivity index (χ4n) is 4.89. The zero-order valence-corrected chi connectivity index (χ0v) is 30.5. The van der Waals surface area contributed by atoms with Gasteiger partial charge in [0.05, 0.1) is 13.2 Å². The Balaban J connectivity index is 3.61. The standard InChI is InChI=1S/C43H72O4/c1-3-5-7-9-11-13-15-16-17-18-19-20-21-22-23-24-25-26-27-28-29-30-32-34-36-38-43(45)47-42(40-44)41-46-39-37-35-33-31-14-12-10-8-6-4-2/h5,7,11,13,16-17,19-20,22-23,25-26,28-29,42,44H,3-4,6,8-10,12,14-15,18,21,24,27,30-41H2,1-2H3/b7-5-,13-11-,17-16-,20-19-,23-22-,26-25-,29-28-. The summed E-state index contributed by atoms with van der Waals surface area (Å²) >= 11 is 0. The van der Waals surface area contributed by atoms with E-state index in [4.69, 9.17) is 9.47 Å². The Morgan fingerprint density at radius 1 is 0.532 bits per heavy atom. The third-order valence-electron chi connectivity index (χ3n) is 7.73. The summed E-state index contributed by atoms with van der Waals surface area (Å²) in [6.07, 6.45) is 54.8. The summed E-state index contributed by atoms with van der Waals surface area (Å²) in [6, 6.07) is 0. The lowest BCUT2D eigenvalue weighted by Gasteiger charge is -2.15. The van der Waals surface area contributed by atoms with Crippen LogP contribution in [0.4, 0.5) is 0 Å². The first-order valence-corrected chi connectivity index (χ1v) is 19.2. The molecule has 0 bridgehead atoms. The number of ether oxygens (including phenoxy) is 2. The first-order chi connectivity index (χ1) is 23.2. The molecule has 0 spiro atoms. The topological polar surface area (TPSA) is 55.8 Å². The summed E-state index contributed by atoms with van der Waals surface area (Å²) in [7, 11) is 0. The molecule has 1 atom stereocenters. The van der Waals surface area contributed by atoms with Gasteiger partial charge in [0.2, 0.25) is 0 Å². The van der Waals surface area contributed by atoms with E-state index in [0.717, 1.165) is 77.0 Å². The number of carbonyl (C=O) groups is 1. The SMILES string of the molecule is CC/C=C\C/C=C\C/C=C\C/C=C\C/C=C\C/C=C\C/C=C\CCCCCC(=O)OC(CO)COCCCCCCCCCCCC. The van der Waals surface area contributed by atoms with E-state index in [2.05, 4.69) is 98.9 Å². The highest BCUT2D eigenvalue weighted by Crippen LogP contribution is 2.11. The zero-order chi connectivity index (χ0) is 34.1. The molecule has 0 aliphatic rings. The molecule has 0 saturated heterocycles. The van der Waals surface area contributed by atoms with Crippen LogP contribution in [0.1, 0.15) is 155 Å². The molecule has 0 radical (unpaired) electrons. The van der Waals surface area contributed by atoms with Crippen molar-refractivity contribution in [1.82, 2.24) is 0 Å². The molecule has 0 aromatic carbocycles. The van der Waals surface area contributed by atoms with E-state index in [-0.39, 0.29) is 19.2 Å². The van der Waals surface area contributed by atoms with E-state index in [1.54, 1.807) is 0 Å². The first-order valence-electron chi connectivity index (χ1n) is 19.2. The van der Waals surface area contributed by atoms with Crippen LogP contribution in [0.5, 0.6) is 0 Å². The number of hydrogen-bond acceptors (Lipinski definition) is 4. The van der Waals surface area contributed by atoms with E-state index in [9.17, 15) is 9.90 Å². The van der Waals surface area contributed by atoms with Crippen LogP contribution in [0.15, 0.2) is 85.1 Å². The molecule has 0 rings (SSSR count). The quantitative estimate of drug-likeness (QED) is 0.0427. The van der Waals surface area contributed by atoms with Gasteiger partial charge < -0.3 is 14.6 Å². The van der Waals surface area contributed by atoms with Gasteiger partial charge in [-0.3, -0.25) is 4.79 Å². The second-order valence-electron chi connectivity index (χ2n) is 12.3. The molecule has 0 amide bonds. The predicted molar refractivity (Wildman–Crippen MR) is 205 cm³/mol. The molecule has 0 fully saturated rings. The van der Waals surface area contributed by atoms with Gasteiger partial charge in [0.1, 0.15) is 6.10 Å². The van der Waals surface area contributed by atoms with E-state index < -0.39 is 6.10 Å². The lowest BCUT2D eigenvalue weighted by Crippen LogP contribution is -2.27. The van der Waals surface area contributed by atoms with Gasteiger partial charge in [-0.05, 0) is 70.6 Å². The number of aliphatic hydroxyl groups is 1. The Morgan fingerprint density at radius 2 is 0.957 bits per heavy atom. The predicted octanol–water partition coefficient (Wildman–Crippen LogP) is 12.4. The number of aliphatic hydroxyl groups excluding tert-OH is 1. The maximum absolute atomic E-state index is 12.1. The van der Waals surface area contributed by atoms with Gasteiger partial charge in [-0.2, -0.15) is 0 Å². The van der Waals surface area contributed by atoms with Gasteiger partial charge in [0.15, 0.2) is 0 Å². The average molecular weight is 653 g/mol. The largest absolute Gasteiger partial charge is 0.457 e. The number of allylic oxidation sites excluding steroid dienone is 14. The number of hydrogen-bond donors (Lipinski definition) is 1.